The van der Waals surface area contributed by atoms with Gasteiger partial charge in [0.2, 0.25) is 0 Å². The Kier molecular flexibility index (Phi) is 6.31. The van der Waals surface area contributed by atoms with Gasteiger partial charge in [0.25, 0.3) is 0 Å². The molecule has 0 aliphatic carbocycles. The van der Waals surface area contributed by atoms with Crippen LogP contribution in [0.15, 0.2) is 170 Å². The fourth-order valence-corrected chi connectivity index (χ4v) is 8.35. The maximum atomic E-state index is 15.1. The minimum atomic E-state index is -0.252. The molecule has 0 aliphatic heterocycles. The van der Waals surface area contributed by atoms with E-state index < -0.39 is 0 Å². The van der Waals surface area contributed by atoms with E-state index in [0.29, 0.717) is 11.4 Å². The number of aromatic nitrogens is 3. The van der Waals surface area contributed by atoms with Gasteiger partial charge in [-0.3, -0.25) is 0 Å². The van der Waals surface area contributed by atoms with Crippen molar-refractivity contribution in [2.24, 2.45) is 0 Å². The van der Waals surface area contributed by atoms with E-state index in [1.54, 1.807) is 12.1 Å². The Balaban J connectivity index is 1.04. The molecule has 0 saturated heterocycles. The fourth-order valence-electron chi connectivity index (χ4n) is 8.35. The van der Waals surface area contributed by atoms with Gasteiger partial charge in [-0.1, -0.05) is 84.9 Å². The quantitative estimate of drug-likeness (QED) is 0.191. The van der Waals surface area contributed by atoms with Gasteiger partial charge in [0, 0.05) is 43.4 Å². The van der Waals surface area contributed by atoms with Crippen molar-refractivity contribution >= 4 is 65.4 Å². The highest BCUT2D eigenvalue weighted by Gasteiger charge is 2.18. The highest BCUT2D eigenvalue weighted by atomic mass is 19.1. The maximum absolute atomic E-state index is 15.1. The summed E-state index contributed by atoms with van der Waals surface area (Å²) in [6.45, 7) is 0. The Morgan fingerprint density at radius 3 is 1.13 bits per heavy atom. The molecule has 11 rings (SSSR count). The van der Waals surface area contributed by atoms with Crippen LogP contribution in [0.25, 0.3) is 99.0 Å². The first-order valence-electron chi connectivity index (χ1n) is 17.7. The van der Waals surface area contributed by atoms with Gasteiger partial charge in [0.15, 0.2) is 0 Å². The van der Waals surface area contributed by atoms with Crippen molar-refractivity contribution in [1.82, 2.24) is 14.1 Å². The minimum Gasteiger partial charge on any atom is -0.355 e. The van der Waals surface area contributed by atoms with Crippen molar-refractivity contribution in [3.05, 3.63) is 181 Å². The number of benzene rings is 8. The van der Waals surface area contributed by atoms with Crippen LogP contribution in [0.2, 0.25) is 0 Å². The Morgan fingerprint density at radius 2 is 0.679 bits per heavy atom. The van der Waals surface area contributed by atoms with E-state index in [1.165, 1.54) is 12.1 Å². The van der Waals surface area contributed by atoms with Crippen molar-refractivity contribution in [3.8, 4) is 33.6 Å². The first-order chi connectivity index (χ1) is 26.1. The molecule has 3 heterocycles. The van der Waals surface area contributed by atoms with Gasteiger partial charge in [-0.15, -0.1) is 0 Å². The average Bonchev–Trinajstić information content (AvgIpc) is 3.85. The Morgan fingerprint density at radius 1 is 0.321 bits per heavy atom. The standard InChI is InChI=1S/C48H29F2N3/c49-39-11-3-7-15-47(39)52-43-13-5-1-9-33(43)37-27-31(19-23-45(37)52)29-17-21-41-35(25-29)36-26-30(18-22-42(36)51-41)32-20-24-46-38(28-32)34-10-2-6-14-44(34)53(46)48-16-8-4-12-40(48)50/h1-28,51H. The fraction of sp³-hybridized carbons (Fsp3) is 0. The molecule has 0 radical (unpaired) electrons. The average molecular weight is 686 g/mol. The first-order valence-corrected chi connectivity index (χ1v) is 17.7. The van der Waals surface area contributed by atoms with Crippen molar-refractivity contribution in [3.63, 3.8) is 0 Å². The summed E-state index contributed by atoms with van der Waals surface area (Å²) in [4.78, 5) is 3.62. The molecule has 0 amide bonds. The largest absolute Gasteiger partial charge is 0.355 e. The number of H-pyrrole nitrogens is 1. The summed E-state index contributed by atoms with van der Waals surface area (Å²) in [5.41, 5.74) is 11.5. The van der Waals surface area contributed by atoms with Gasteiger partial charge in [-0.05, 0) is 107 Å². The van der Waals surface area contributed by atoms with Crippen LogP contribution in [0.3, 0.4) is 0 Å². The molecular formula is C48H29F2N3. The second kappa shape index (κ2) is 11.3. The number of rotatable bonds is 4. The molecule has 0 atom stereocenters. The third-order valence-electron chi connectivity index (χ3n) is 10.8. The van der Waals surface area contributed by atoms with Crippen LogP contribution in [0.1, 0.15) is 0 Å². The molecule has 250 valence electrons. The van der Waals surface area contributed by atoms with Gasteiger partial charge >= 0.3 is 0 Å². The normalized spacial score (nSPS) is 12.0. The van der Waals surface area contributed by atoms with E-state index in [0.717, 1.165) is 87.7 Å². The topological polar surface area (TPSA) is 25.6 Å². The summed E-state index contributed by atoms with van der Waals surface area (Å²) in [7, 11) is 0. The van der Waals surface area contributed by atoms with Crippen molar-refractivity contribution in [2.45, 2.75) is 0 Å². The number of fused-ring (bicyclic) bond motifs is 9. The summed E-state index contributed by atoms with van der Waals surface area (Å²) in [5, 5.41) is 6.61. The molecule has 0 unspecified atom stereocenters. The third kappa shape index (κ3) is 4.44. The first kappa shape index (κ1) is 29.7. The van der Waals surface area contributed by atoms with Crippen LogP contribution in [-0.4, -0.2) is 14.1 Å². The van der Waals surface area contributed by atoms with Crippen molar-refractivity contribution in [2.75, 3.05) is 0 Å². The summed E-state index contributed by atoms with van der Waals surface area (Å²) in [6, 6.07) is 56.4. The second-order valence-electron chi connectivity index (χ2n) is 13.7. The lowest BCUT2D eigenvalue weighted by Crippen LogP contribution is -1.96. The summed E-state index contributed by atoms with van der Waals surface area (Å²) in [5.74, 6) is -0.504. The molecule has 11 aromatic rings. The monoisotopic (exact) mass is 685 g/mol. The Hall–Kier alpha value is -6.98. The van der Waals surface area contributed by atoms with Gasteiger partial charge < -0.3 is 14.1 Å². The van der Waals surface area contributed by atoms with E-state index in [1.807, 2.05) is 57.7 Å². The van der Waals surface area contributed by atoms with E-state index in [-0.39, 0.29) is 11.6 Å². The predicted octanol–water partition coefficient (Wildman–Crippen LogP) is 13.1. The predicted molar refractivity (Wildman–Crippen MR) is 215 cm³/mol. The van der Waals surface area contributed by atoms with Crippen molar-refractivity contribution in [1.29, 1.82) is 0 Å². The molecule has 3 aromatic heterocycles. The number of nitrogens with zero attached hydrogens (tertiary/aromatic N) is 2. The minimum absolute atomic E-state index is 0.252. The molecule has 1 N–H and O–H groups in total. The number of hydrogen-bond donors (Lipinski definition) is 1. The van der Waals surface area contributed by atoms with E-state index in [4.69, 9.17) is 0 Å². The van der Waals surface area contributed by atoms with E-state index >= 15 is 8.78 Å². The number of aromatic amines is 1. The Labute approximate surface area is 302 Å². The Bertz CT molecular complexity index is 3050. The van der Waals surface area contributed by atoms with Crippen molar-refractivity contribution < 1.29 is 8.78 Å². The van der Waals surface area contributed by atoms with Gasteiger partial charge in [-0.2, -0.15) is 0 Å². The highest BCUT2D eigenvalue weighted by Crippen LogP contribution is 2.39. The summed E-state index contributed by atoms with van der Waals surface area (Å²) < 4.78 is 34.2. The van der Waals surface area contributed by atoms with Gasteiger partial charge in [-0.25, -0.2) is 8.78 Å². The number of para-hydroxylation sites is 4. The number of halogens is 2. The van der Waals surface area contributed by atoms with E-state index in [9.17, 15) is 0 Å². The van der Waals surface area contributed by atoms with Crippen LogP contribution in [0.5, 0.6) is 0 Å². The van der Waals surface area contributed by atoms with Gasteiger partial charge in [0.05, 0.1) is 33.4 Å². The van der Waals surface area contributed by atoms with Gasteiger partial charge in [0.1, 0.15) is 11.6 Å². The van der Waals surface area contributed by atoms with Crippen LogP contribution >= 0.6 is 0 Å². The maximum Gasteiger partial charge on any atom is 0.147 e. The number of hydrogen-bond acceptors (Lipinski definition) is 0. The SMILES string of the molecule is Fc1ccccc1-n1c2ccccc2c2cc(-c3ccc4[nH]c5ccc(-c6ccc7c(c6)c6ccccc6n7-c6ccccc6F)cc5c4c3)ccc21. The molecule has 3 nitrogen and oxygen atoms in total. The zero-order valence-electron chi connectivity index (χ0n) is 28.3. The van der Waals surface area contributed by atoms with Crippen LogP contribution in [-0.2, 0) is 0 Å². The number of nitrogens with one attached hydrogen (secondary N) is 1. The third-order valence-corrected chi connectivity index (χ3v) is 10.8. The lowest BCUT2D eigenvalue weighted by atomic mass is 9.98. The summed E-state index contributed by atoms with van der Waals surface area (Å²) in [6.07, 6.45) is 0. The molecule has 53 heavy (non-hydrogen) atoms. The molecular weight excluding hydrogens is 657 g/mol. The van der Waals surface area contributed by atoms with E-state index in [2.05, 4.69) is 102 Å². The van der Waals surface area contributed by atoms with Crippen LogP contribution in [0.4, 0.5) is 8.78 Å². The zero-order valence-corrected chi connectivity index (χ0v) is 28.3. The molecule has 8 aromatic carbocycles. The van der Waals surface area contributed by atoms with Crippen LogP contribution in [0, 0.1) is 11.6 Å². The lowest BCUT2D eigenvalue weighted by Gasteiger charge is -2.09. The molecule has 0 fully saturated rings. The molecule has 0 spiro atoms. The lowest BCUT2D eigenvalue weighted by molar-refractivity contribution is 0.620. The summed E-state index contributed by atoms with van der Waals surface area (Å²) >= 11 is 0. The molecule has 0 aliphatic rings. The smallest absolute Gasteiger partial charge is 0.147 e. The van der Waals surface area contributed by atoms with Crippen LogP contribution < -0.4 is 0 Å². The highest BCUT2D eigenvalue weighted by molar-refractivity contribution is 6.13. The zero-order chi connectivity index (χ0) is 35.2. The molecule has 0 saturated carbocycles. The molecule has 0 bridgehead atoms. The molecule has 5 heteroatoms. The second-order valence-corrected chi connectivity index (χ2v) is 13.7.